The van der Waals surface area contributed by atoms with Crippen LogP contribution in [0.5, 0.6) is 0 Å². The van der Waals surface area contributed by atoms with Crippen LogP contribution in [0.1, 0.15) is 33.1 Å². The number of nitrogens with zero attached hydrogens (tertiary/aromatic N) is 1. The molecule has 19 heavy (non-hydrogen) atoms. The van der Waals surface area contributed by atoms with Crippen molar-refractivity contribution in [1.82, 2.24) is 9.03 Å². The van der Waals surface area contributed by atoms with E-state index in [1.54, 1.807) is 0 Å². The molecule has 0 aromatic carbocycles. The first-order valence-corrected chi connectivity index (χ1v) is 8.43. The van der Waals surface area contributed by atoms with Crippen LogP contribution in [0, 0.1) is 0 Å². The van der Waals surface area contributed by atoms with Gasteiger partial charge in [0.15, 0.2) is 0 Å². The lowest BCUT2D eigenvalue weighted by molar-refractivity contribution is -0.0445. The van der Waals surface area contributed by atoms with Crippen LogP contribution in [-0.2, 0) is 19.7 Å². The first-order chi connectivity index (χ1) is 8.97. The third-order valence-electron chi connectivity index (χ3n) is 3.49. The Bertz CT molecular complexity index is 371. The van der Waals surface area contributed by atoms with Crippen LogP contribution in [-0.4, -0.2) is 57.3 Å². The number of hydrogen-bond donors (Lipinski definition) is 1. The van der Waals surface area contributed by atoms with Gasteiger partial charge in [0, 0.05) is 26.2 Å². The zero-order valence-corrected chi connectivity index (χ0v) is 12.5. The highest BCUT2D eigenvalue weighted by atomic mass is 32.2. The standard InChI is InChI=1S/C12H24N2O4S/c1-10-8-14(9-11(2)18-10)19(15,16)13-7-12-5-3-4-6-17-12/h10-13H,3-9H2,1-2H3. The van der Waals surface area contributed by atoms with E-state index >= 15 is 0 Å². The second-order valence-electron chi connectivity index (χ2n) is 5.42. The van der Waals surface area contributed by atoms with Crippen molar-refractivity contribution in [2.75, 3.05) is 26.2 Å². The molecule has 0 radical (unpaired) electrons. The summed E-state index contributed by atoms with van der Waals surface area (Å²) in [6.45, 7) is 5.70. The predicted octanol–water partition coefficient (Wildman–Crippen LogP) is 0.499. The van der Waals surface area contributed by atoms with Gasteiger partial charge in [0.1, 0.15) is 0 Å². The van der Waals surface area contributed by atoms with E-state index in [1.807, 2.05) is 13.8 Å². The number of rotatable bonds is 4. The monoisotopic (exact) mass is 292 g/mol. The molecule has 3 atom stereocenters. The molecular weight excluding hydrogens is 268 g/mol. The fourth-order valence-corrected chi connectivity index (χ4v) is 3.98. The Balaban J connectivity index is 1.86. The Morgan fingerprint density at radius 3 is 2.47 bits per heavy atom. The molecule has 2 aliphatic rings. The Hall–Kier alpha value is -0.210. The lowest BCUT2D eigenvalue weighted by atomic mass is 10.1. The molecular formula is C12H24N2O4S. The lowest BCUT2D eigenvalue weighted by Crippen LogP contribution is -2.53. The molecule has 0 aliphatic carbocycles. The molecule has 7 heteroatoms. The highest BCUT2D eigenvalue weighted by molar-refractivity contribution is 7.87. The maximum absolute atomic E-state index is 12.2. The van der Waals surface area contributed by atoms with Crippen molar-refractivity contribution in [3.63, 3.8) is 0 Å². The summed E-state index contributed by atoms with van der Waals surface area (Å²) in [7, 11) is -3.43. The summed E-state index contributed by atoms with van der Waals surface area (Å²) in [5, 5.41) is 0. The molecule has 0 aromatic rings. The summed E-state index contributed by atoms with van der Waals surface area (Å²) in [6, 6.07) is 0. The van der Waals surface area contributed by atoms with Gasteiger partial charge in [-0.3, -0.25) is 0 Å². The van der Waals surface area contributed by atoms with Gasteiger partial charge in [0.2, 0.25) is 0 Å². The number of morpholine rings is 1. The minimum Gasteiger partial charge on any atom is -0.377 e. The Morgan fingerprint density at radius 1 is 1.21 bits per heavy atom. The van der Waals surface area contributed by atoms with Gasteiger partial charge in [-0.25, -0.2) is 0 Å². The predicted molar refractivity (Wildman–Crippen MR) is 72.1 cm³/mol. The molecule has 0 saturated carbocycles. The molecule has 6 nitrogen and oxygen atoms in total. The van der Waals surface area contributed by atoms with Gasteiger partial charge in [-0.05, 0) is 33.1 Å². The fraction of sp³-hybridized carbons (Fsp3) is 1.00. The van der Waals surface area contributed by atoms with Crippen LogP contribution in [0.25, 0.3) is 0 Å². The van der Waals surface area contributed by atoms with Gasteiger partial charge in [0.25, 0.3) is 10.2 Å². The van der Waals surface area contributed by atoms with Crippen LogP contribution < -0.4 is 4.72 Å². The number of nitrogens with one attached hydrogen (secondary N) is 1. The number of hydrogen-bond acceptors (Lipinski definition) is 4. The molecule has 2 aliphatic heterocycles. The molecule has 2 heterocycles. The molecule has 2 saturated heterocycles. The molecule has 0 aromatic heterocycles. The van der Waals surface area contributed by atoms with Crippen molar-refractivity contribution in [1.29, 1.82) is 0 Å². The van der Waals surface area contributed by atoms with E-state index in [-0.39, 0.29) is 18.3 Å². The average Bonchev–Trinajstić information content (AvgIpc) is 2.37. The Morgan fingerprint density at radius 2 is 1.89 bits per heavy atom. The molecule has 0 bridgehead atoms. The third-order valence-corrected chi connectivity index (χ3v) is 5.00. The highest BCUT2D eigenvalue weighted by Crippen LogP contribution is 2.15. The van der Waals surface area contributed by atoms with Gasteiger partial charge >= 0.3 is 0 Å². The van der Waals surface area contributed by atoms with Crippen LogP contribution in [0.15, 0.2) is 0 Å². The van der Waals surface area contributed by atoms with Crippen molar-refractivity contribution in [2.45, 2.75) is 51.4 Å². The lowest BCUT2D eigenvalue weighted by Gasteiger charge is -2.34. The van der Waals surface area contributed by atoms with Crippen molar-refractivity contribution in [3.8, 4) is 0 Å². The molecule has 3 unspecified atom stereocenters. The average molecular weight is 292 g/mol. The quantitative estimate of drug-likeness (QED) is 0.819. The van der Waals surface area contributed by atoms with Crippen molar-refractivity contribution in [3.05, 3.63) is 0 Å². The second-order valence-corrected chi connectivity index (χ2v) is 7.17. The first-order valence-electron chi connectivity index (χ1n) is 6.99. The second kappa shape index (κ2) is 6.49. The van der Waals surface area contributed by atoms with E-state index in [1.165, 1.54) is 4.31 Å². The Kier molecular flexibility index (Phi) is 5.19. The van der Waals surface area contributed by atoms with E-state index in [0.717, 1.165) is 25.9 Å². The van der Waals surface area contributed by atoms with Gasteiger partial charge in [-0.1, -0.05) is 0 Å². The van der Waals surface area contributed by atoms with Crippen LogP contribution in [0.4, 0.5) is 0 Å². The van der Waals surface area contributed by atoms with E-state index < -0.39 is 10.2 Å². The summed E-state index contributed by atoms with van der Waals surface area (Å²) in [4.78, 5) is 0. The summed E-state index contributed by atoms with van der Waals surface area (Å²) in [6.07, 6.45) is 3.00. The summed E-state index contributed by atoms with van der Waals surface area (Å²) < 4.78 is 39.7. The van der Waals surface area contributed by atoms with Crippen molar-refractivity contribution in [2.24, 2.45) is 0 Å². The third kappa shape index (κ3) is 4.39. The van der Waals surface area contributed by atoms with Gasteiger partial charge < -0.3 is 9.47 Å². The van der Waals surface area contributed by atoms with Gasteiger partial charge in [-0.2, -0.15) is 17.4 Å². The van der Waals surface area contributed by atoms with E-state index in [4.69, 9.17) is 9.47 Å². The SMILES string of the molecule is CC1CN(S(=O)(=O)NCC2CCCCO2)CC(C)O1. The molecule has 0 spiro atoms. The molecule has 1 N–H and O–H groups in total. The van der Waals surface area contributed by atoms with Gasteiger partial charge in [0.05, 0.1) is 18.3 Å². The van der Waals surface area contributed by atoms with Crippen molar-refractivity contribution < 1.29 is 17.9 Å². The van der Waals surface area contributed by atoms with E-state index in [2.05, 4.69) is 4.72 Å². The molecule has 0 amide bonds. The maximum Gasteiger partial charge on any atom is 0.279 e. The summed E-state index contributed by atoms with van der Waals surface area (Å²) >= 11 is 0. The molecule has 2 fully saturated rings. The zero-order valence-electron chi connectivity index (χ0n) is 11.7. The maximum atomic E-state index is 12.2. The van der Waals surface area contributed by atoms with Crippen molar-refractivity contribution >= 4 is 10.2 Å². The number of ether oxygens (including phenoxy) is 2. The van der Waals surface area contributed by atoms with Crippen LogP contribution >= 0.6 is 0 Å². The molecule has 112 valence electrons. The van der Waals surface area contributed by atoms with Crippen LogP contribution in [0.3, 0.4) is 0 Å². The van der Waals surface area contributed by atoms with Crippen LogP contribution in [0.2, 0.25) is 0 Å². The summed E-state index contributed by atoms with van der Waals surface area (Å²) in [5.74, 6) is 0. The summed E-state index contributed by atoms with van der Waals surface area (Å²) in [5.41, 5.74) is 0. The Labute approximate surface area is 115 Å². The zero-order chi connectivity index (χ0) is 13.9. The van der Waals surface area contributed by atoms with E-state index in [9.17, 15) is 8.42 Å². The van der Waals surface area contributed by atoms with Gasteiger partial charge in [-0.15, -0.1) is 0 Å². The topological polar surface area (TPSA) is 67.9 Å². The van der Waals surface area contributed by atoms with E-state index in [0.29, 0.717) is 19.6 Å². The normalized spacial score (nSPS) is 34.3. The fourth-order valence-electron chi connectivity index (χ4n) is 2.58. The first kappa shape index (κ1) is 15.2. The minimum atomic E-state index is -3.43. The largest absolute Gasteiger partial charge is 0.377 e. The minimum absolute atomic E-state index is 0.0133. The smallest absolute Gasteiger partial charge is 0.279 e. The highest BCUT2D eigenvalue weighted by Gasteiger charge is 2.31. The molecule has 2 rings (SSSR count).